The molecule has 5 atom stereocenters. The molecule has 0 aliphatic carbocycles. The number of ether oxygens (including phenoxy) is 2. The second-order valence-corrected chi connectivity index (χ2v) is 5.51. The highest BCUT2D eigenvalue weighted by atomic mass is 16.5. The van der Waals surface area contributed by atoms with Crippen molar-refractivity contribution in [1.82, 2.24) is 5.32 Å². The van der Waals surface area contributed by atoms with E-state index in [2.05, 4.69) is 5.32 Å². The number of carbonyl (C=O) groups excluding carboxylic acids is 1. The number of hydrogen-bond acceptors (Lipinski definition) is 7. The van der Waals surface area contributed by atoms with Crippen molar-refractivity contribution < 1.29 is 34.7 Å². The van der Waals surface area contributed by atoms with E-state index in [1.165, 1.54) is 32.3 Å². The number of amides is 1. The molecule has 0 bridgehead atoms. The molecule has 1 aromatic carbocycles. The molecule has 4 unspecified atom stereocenters. The van der Waals surface area contributed by atoms with Crippen molar-refractivity contribution >= 4 is 12.0 Å². The number of rotatable bonds is 4. The minimum Gasteiger partial charge on any atom is -0.504 e. The van der Waals surface area contributed by atoms with Gasteiger partial charge in [-0.2, -0.15) is 0 Å². The molecule has 2 rings (SSSR count). The van der Waals surface area contributed by atoms with E-state index in [-0.39, 0.29) is 11.5 Å². The van der Waals surface area contributed by atoms with E-state index in [0.29, 0.717) is 5.56 Å². The lowest BCUT2D eigenvalue weighted by Crippen LogP contribution is -2.61. The molecule has 0 spiro atoms. The predicted molar refractivity (Wildman–Crippen MR) is 84.2 cm³/mol. The standard InChI is InChI=1S/C16H21NO7/c1-8-13(20)14(21)15(22)16(24-8)17-12(19)6-4-9-3-5-10(18)11(7-9)23-2/h3-8,13-16,18,20-22H,1-2H3,(H,17,19)/b6-4+/t8?,13-,14?,15?,16?/m1/s1. The van der Waals surface area contributed by atoms with Gasteiger partial charge in [0.2, 0.25) is 5.91 Å². The number of methoxy groups -OCH3 is 1. The molecular weight excluding hydrogens is 318 g/mol. The van der Waals surface area contributed by atoms with Crippen LogP contribution < -0.4 is 10.1 Å². The van der Waals surface area contributed by atoms with Gasteiger partial charge in [0, 0.05) is 6.08 Å². The van der Waals surface area contributed by atoms with Crippen molar-refractivity contribution in [1.29, 1.82) is 0 Å². The van der Waals surface area contributed by atoms with E-state index in [1.54, 1.807) is 12.1 Å². The summed E-state index contributed by atoms with van der Waals surface area (Å²) < 4.78 is 10.2. The van der Waals surface area contributed by atoms with E-state index < -0.39 is 36.6 Å². The highest BCUT2D eigenvalue weighted by Gasteiger charge is 2.42. The predicted octanol–water partition coefficient (Wildman–Crippen LogP) is -0.642. The lowest BCUT2D eigenvalue weighted by Gasteiger charge is -2.39. The molecular formula is C16H21NO7. The zero-order valence-corrected chi connectivity index (χ0v) is 13.3. The second kappa shape index (κ2) is 7.63. The summed E-state index contributed by atoms with van der Waals surface area (Å²) in [6.07, 6.45) is -3.26. The number of nitrogens with one attached hydrogen (secondary N) is 1. The molecule has 5 N–H and O–H groups in total. The number of aliphatic hydroxyl groups is 3. The summed E-state index contributed by atoms with van der Waals surface area (Å²) >= 11 is 0. The zero-order chi connectivity index (χ0) is 17.9. The van der Waals surface area contributed by atoms with Crippen molar-refractivity contribution in [3.05, 3.63) is 29.8 Å². The Hall–Kier alpha value is -2.13. The molecule has 1 fully saturated rings. The number of aromatic hydroxyl groups is 1. The summed E-state index contributed by atoms with van der Waals surface area (Å²) in [6.45, 7) is 1.53. The Bertz CT molecular complexity index is 618. The van der Waals surface area contributed by atoms with Crippen molar-refractivity contribution in [3.8, 4) is 11.5 Å². The Labute approximate surface area is 139 Å². The summed E-state index contributed by atoms with van der Waals surface area (Å²) in [6, 6.07) is 4.58. The maximum absolute atomic E-state index is 11.9. The van der Waals surface area contributed by atoms with Gasteiger partial charge in [0.1, 0.15) is 18.3 Å². The molecule has 0 radical (unpaired) electrons. The molecule has 8 heteroatoms. The molecule has 1 aliphatic heterocycles. The Morgan fingerprint density at radius 1 is 1.25 bits per heavy atom. The summed E-state index contributed by atoms with van der Waals surface area (Å²) in [7, 11) is 1.41. The van der Waals surface area contributed by atoms with E-state index in [1.807, 2.05) is 0 Å². The molecule has 8 nitrogen and oxygen atoms in total. The van der Waals surface area contributed by atoms with E-state index >= 15 is 0 Å². The first kappa shape index (κ1) is 18.2. The average Bonchev–Trinajstić information content (AvgIpc) is 2.57. The van der Waals surface area contributed by atoms with Gasteiger partial charge in [-0.05, 0) is 30.7 Å². The number of phenols is 1. The number of phenolic OH excluding ortho intramolecular Hbond substituents is 1. The van der Waals surface area contributed by atoms with Gasteiger partial charge >= 0.3 is 0 Å². The van der Waals surface area contributed by atoms with Crippen LogP contribution in [0.25, 0.3) is 6.08 Å². The molecule has 0 saturated carbocycles. The number of hydrogen-bond donors (Lipinski definition) is 5. The molecule has 1 aliphatic rings. The molecule has 132 valence electrons. The monoisotopic (exact) mass is 339 g/mol. The quantitative estimate of drug-likeness (QED) is 0.461. The van der Waals surface area contributed by atoms with E-state index in [9.17, 15) is 25.2 Å². The van der Waals surface area contributed by atoms with Crippen LogP contribution in [0.2, 0.25) is 0 Å². The third kappa shape index (κ3) is 4.04. The van der Waals surface area contributed by atoms with Gasteiger partial charge in [-0.1, -0.05) is 6.07 Å². The Kier molecular flexibility index (Phi) is 5.79. The minimum absolute atomic E-state index is 0.0145. The fourth-order valence-electron chi connectivity index (χ4n) is 2.33. The highest BCUT2D eigenvalue weighted by molar-refractivity contribution is 5.92. The van der Waals surface area contributed by atoms with Crippen molar-refractivity contribution in [2.75, 3.05) is 7.11 Å². The lowest BCUT2D eigenvalue weighted by atomic mass is 9.99. The number of aliphatic hydroxyl groups excluding tert-OH is 3. The van der Waals surface area contributed by atoms with Crippen molar-refractivity contribution in [3.63, 3.8) is 0 Å². The van der Waals surface area contributed by atoms with E-state index in [4.69, 9.17) is 9.47 Å². The van der Waals surface area contributed by atoms with Gasteiger partial charge in [-0.25, -0.2) is 0 Å². The van der Waals surface area contributed by atoms with Crippen LogP contribution in [0.15, 0.2) is 24.3 Å². The van der Waals surface area contributed by atoms with E-state index in [0.717, 1.165) is 0 Å². The second-order valence-electron chi connectivity index (χ2n) is 5.51. The Balaban J connectivity index is 2.00. The molecule has 24 heavy (non-hydrogen) atoms. The normalized spacial score (nSPS) is 30.3. The van der Waals surface area contributed by atoms with Crippen molar-refractivity contribution in [2.24, 2.45) is 0 Å². The van der Waals surface area contributed by atoms with Crippen LogP contribution in [0, 0.1) is 0 Å². The molecule has 1 amide bonds. The molecule has 1 aromatic rings. The minimum atomic E-state index is -1.44. The van der Waals surface area contributed by atoms with Gasteiger partial charge in [-0.15, -0.1) is 0 Å². The zero-order valence-electron chi connectivity index (χ0n) is 13.3. The topological polar surface area (TPSA) is 128 Å². The third-order valence-electron chi connectivity index (χ3n) is 3.77. The largest absolute Gasteiger partial charge is 0.504 e. The first-order valence-corrected chi connectivity index (χ1v) is 7.38. The maximum atomic E-state index is 11.9. The third-order valence-corrected chi connectivity index (χ3v) is 3.77. The van der Waals surface area contributed by atoms with Crippen LogP contribution >= 0.6 is 0 Å². The van der Waals surface area contributed by atoms with Gasteiger partial charge < -0.3 is 35.2 Å². The fraction of sp³-hybridized carbons (Fsp3) is 0.438. The number of benzene rings is 1. The van der Waals surface area contributed by atoms with Crippen LogP contribution in [0.4, 0.5) is 0 Å². The summed E-state index contributed by atoms with van der Waals surface area (Å²) in [5.41, 5.74) is 0.619. The van der Waals surface area contributed by atoms with Gasteiger partial charge in [0.25, 0.3) is 0 Å². The van der Waals surface area contributed by atoms with Crippen LogP contribution in [-0.4, -0.2) is 64.1 Å². The van der Waals surface area contributed by atoms with Crippen LogP contribution in [-0.2, 0) is 9.53 Å². The fourth-order valence-corrected chi connectivity index (χ4v) is 2.33. The molecule has 1 heterocycles. The molecule has 0 aromatic heterocycles. The SMILES string of the molecule is COc1cc(/C=C/C(=O)NC2OC(C)[C@@H](O)C(O)C2O)ccc1O. The first-order valence-electron chi connectivity index (χ1n) is 7.38. The Morgan fingerprint density at radius 3 is 2.62 bits per heavy atom. The van der Waals surface area contributed by atoms with Gasteiger partial charge in [-0.3, -0.25) is 4.79 Å². The van der Waals surface area contributed by atoms with Crippen LogP contribution in [0.5, 0.6) is 11.5 Å². The Morgan fingerprint density at radius 2 is 1.96 bits per heavy atom. The van der Waals surface area contributed by atoms with Crippen molar-refractivity contribution in [2.45, 2.75) is 37.6 Å². The van der Waals surface area contributed by atoms with Crippen LogP contribution in [0.3, 0.4) is 0 Å². The van der Waals surface area contributed by atoms with Gasteiger partial charge in [0.05, 0.1) is 13.2 Å². The van der Waals surface area contributed by atoms with Gasteiger partial charge in [0.15, 0.2) is 17.7 Å². The lowest BCUT2D eigenvalue weighted by molar-refractivity contribution is -0.224. The summed E-state index contributed by atoms with van der Waals surface area (Å²) in [5.74, 6) is -0.296. The first-order chi connectivity index (χ1) is 11.3. The summed E-state index contributed by atoms with van der Waals surface area (Å²) in [4.78, 5) is 11.9. The maximum Gasteiger partial charge on any atom is 0.246 e. The average molecular weight is 339 g/mol. The summed E-state index contributed by atoms with van der Waals surface area (Å²) in [5, 5.41) is 41.1. The smallest absolute Gasteiger partial charge is 0.246 e. The number of carbonyl (C=O) groups is 1. The molecule has 1 saturated heterocycles. The highest BCUT2D eigenvalue weighted by Crippen LogP contribution is 2.26. The van der Waals surface area contributed by atoms with Crippen LogP contribution in [0.1, 0.15) is 12.5 Å².